The van der Waals surface area contributed by atoms with Crippen molar-refractivity contribution in [2.75, 3.05) is 13.2 Å². The van der Waals surface area contributed by atoms with Gasteiger partial charge in [0.2, 0.25) is 0 Å². The van der Waals surface area contributed by atoms with E-state index in [1.165, 1.54) is 0 Å². The van der Waals surface area contributed by atoms with Gasteiger partial charge in [-0.25, -0.2) is 0 Å². The molecule has 9 nitrogen and oxygen atoms in total. The number of aliphatic hydroxyl groups excluding tert-OH is 4. The van der Waals surface area contributed by atoms with Crippen LogP contribution in [0.1, 0.15) is 19.8 Å². The minimum Gasteiger partial charge on any atom is -0.394 e. The van der Waals surface area contributed by atoms with Crippen LogP contribution in [-0.4, -0.2) is 87.6 Å². The Hall–Kier alpha value is -0.650. The quantitative estimate of drug-likeness (QED) is 0.350. The number of ether oxygens (including phenoxy) is 3. The molecule has 0 radical (unpaired) electrons. The summed E-state index contributed by atoms with van der Waals surface area (Å²) in [7, 11) is 0. The molecule has 0 spiro atoms. The van der Waals surface area contributed by atoms with Gasteiger partial charge in [0.25, 0.3) is 0 Å². The van der Waals surface area contributed by atoms with Gasteiger partial charge >= 0.3 is 0 Å². The fourth-order valence-corrected chi connectivity index (χ4v) is 4.27. The third-order valence-corrected chi connectivity index (χ3v) is 5.85. The molecule has 1 aliphatic carbocycles. The van der Waals surface area contributed by atoms with E-state index in [4.69, 9.17) is 14.2 Å². The average molecular weight is 362 g/mol. The standard InChI is InChI=1S/C16H26O9/c1-7-2-3-16(22)8(4-17)6-23-14(10(7)16)25-15-13(21)12(20)11(19)9(5-18)24-15/h4,7-15,18-22H,2-3,5-6H2,1H3. The number of aldehydes is 1. The number of carbonyl (C=O) groups is 1. The van der Waals surface area contributed by atoms with E-state index in [1.54, 1.807) is 0 Å². The number of rotatable bonds is 4. The highest BCUT2D eigenvalue weighted by Gasteiger charge is 2.58. The molecule has 144 valence electrons. The largest absolute Gasteiger partial charge is 0.394 e. The summed E-state index contributed by atoms with van der Waals surface area (Å²) in [4.78, 5) is 11.3. The summed E-state index contributed by atoms with van der Waals surface area (Å²) in [5.74, 6) is -1.14. The van der Waals surface area contributed by atoms with Gasteiger partial charge in [-0.2, -0.15) is 0 Å². The van der Waals surface area contributed by atoms with Crippen molar-refractivity contribution in [1.82, 2.24) is 0 Å². The lowest BCUT2D eigenvalue weighted by Gasteiger charge is -2.47. The first-order valence-corrected chi connectivity index (χ1v) is 8.58. The molecule has 10 atom stereocenters. The molecule has 10 unspecified atom stereocenters. The van der Waals surface area contributed by atoms with Gasteiger partial charge in [-0.15, -0.1) is 0 Å². The van der Waals surface area contributed by atoms with E-state index in [2.05, 4.69) is 0 Å². The molecule has 0 aromatic heterocycles. The zero-order chi connectivity index (χ0) is 18.4. The second-order valence-corrected chi connectivity index (χ2v) is 7.31. The van der Waals surface area contributed by atoms with Crippen LogP contribution in [0.2, 0.25) is 0 Å². The summed E-state index contributed by atoms with van der Waals surface area (Å²) in [5, 5.41) is 50.0. The van der Waals surface area contributed by atoms with Crippen molar-refractivity contribution in [2.24, 2.45) is 17.8 Å². The molecule has 1 saturated carbocycles. The van der Waals surface area contributed by atoms with Crippen LogP contribution >= 0.6 is 0 Å². The Morgan fingerprint density at radius 2 is 1.92 bits per heavy atom. The van der Waals surface area contributed by atoms with Crippen molar-refractivity contribution in [1.29, 1.82) is 0 Å². The van der Waals surface area contributed by atoms with Gasteiger partial charge in [0.1, 0.15) is 30.7 Å². The lowest BCUT2D eigenvalue weighted by Crippen LogP contribution is -2.62. The molecule has 0 bridgehead atoms. The van der Waals surface area contributed by atoms with Crippen LogP contribution in [-0.2, 0) is 19.0 Å². The van der Waals surface area contributed by atoms with Crippen molar-refractivity contribution < 1.29 is 44.5 Å². The number of fused-ring (bicyclic) bond motifs is 1. The van der Waals surface area contributed by atoms with Gasteiger partial charge in [0, 0.05) is 5.92 Å². The Morgan fingerprint density at radius 1 is 1.20 bits per heavy atom. The van der Waals surface area contributed by atoms with Crippen LogP contribution in [0, 0.1) is 17.8 Å². The van der Waals surface area contributed by atoms with Gasteiger partial charge in [0.05, 0.1) is 24.7 Å². The highest BCUT2D eigenvalue weighted by molar-refractivity contribution is 5.56. The fraction of sp³-hybridized carbons (Fsp3) is 0.938. The molecule has 3 fully saturated rings. The van der Waals surface area contributed by atoms with Crippen molar-refractivity contribution in [2.45, 2.75) is 62.4 Å². The minimum absolute atomic E-state index is 0.0163. The number of aliphatic hydroxyl groups is 5. The maximum Gasteiger partial charge on any atom is 0.189 e. The molecular formula is C16H26O9. The average Bonchev–Trinajstić information content (AvgIpc) is 2.91. The SMILES string of the molecule is CC1CCC2(O)C(C=O)COC(OC3OC(CO)C(O)C(O)C3O)C12. The predicted molar refractivity (Wildman–Crippen MR) is 81.0 cm³/mol. The summed E-state index contributed by atoms with van der Waals surface area (Å²) in [6.45, 7) is 1.33. The van der Waals surface area contributed by atoms with Crippen molar-refractivity contribution in [3.63, 3.8) is 0 Å². The lowest BCUT2D eigenvalue weighted by atomic mass is 9.75. The summed E-state index contributed by atoms with van der Waals surface area (Å²) in [6.07, 6.45) is -6.12. The normalized spacial score (nSPS) is 53.4. The van der Waals surface area contributed by atoms with Crippen LogP contribution in [0.25, 0.3) is 0 Å². The first kappa shape index (κ1) is 19.1. The lowest BCUT2D eigenvalue weighted by molar-refractivity contribution is -0.363. The van der Waals surface area contributed by atoms with Crippen molar-refractivity contribution in [3.05, 3.63) is 0 Å². The Kier molecular flexibility index (Phi) is 5.48. The Labute approximate surface area is 145 Å². The maximum absolute atomic E-state index is 11.3. The van der Waals surface area contributed by atoms with Crippen molar-refractivity contribution in [3.8, 4) is 0 Å². The van der Waals surface area contributed by atoms with Gasteiger partial charge < -0.3 is 44.5 Å². The molecule has 9 heteroatoms. The molecule has 2 saturated heterocycles. The van der Waals surface area contributed by atoms with E-state index >= 15 is 0 Å². The Bertz CT molecular complexity index is 486. The number of carbonyl (C=O) groups excluding carboxylic acids is 1. The summed E-state index contributed by atoms with van der Waals surface area (Å²) in [5.41, 5.74) is -1.25. The van der Waals surface area contributed by atoms with Crippen LogP contribution in [0.4, 0.5) is 0 Å². The fourth-order valence-electron chi connectivity index (χ4n) is 4.27. The molecule has 0 aromatic carbocycles. The van der Waals surface area contributed by atoms with Crippen LogP contribution in [0.5, 0.6) is 0 Å². The molecule has 0 amide bonds. The van der Waals surface area contributed by atoms with Gasteiger partial charge in [-0.3, -0.25) is 0 Å². The highest BCUT2D eigenvalue weighted by atomic mass is 16.8. The topological polar surface area (TPSA) is 146 Å². The second kappa shape index (κ2) is 7.16. The van der Waals surface area contributed by atoms with Gasteiger partial charge in [-0.05, 0) is 18.8 Å². The predicted octanol–water partition coefficient (Wildman–Crippen LogP) is -2.25. The molecule has 5 N–H and O–H groups in total. The Morgan fingerprint density at radius 3 is 2.56 bits per heavy atom. The smallest absolute Gasteiger partial charge is 0.189 e. The van der Waals surface area contributed by atoms with Gasteiger partial charge in [0.15, 0.2) is 12.6 Å². The van der Waals surface area contributed by atoms with E-state index in [9.17, 15) is 30.3 Å². The summed E-state index contributed by atoms with van der Waals surface area (Å²) < 4.78 is 16.6. The molecular weight excluding hydrogens is 336 g/mol. The monoisotopic (exact) mass is 362 g/mol. The first-order chi connectivity index (χ1) is 11.8. The third kappa shape index (κ3) is 3.13. The van der Waals surface area contributed by atoms with E-state index in [1.807, 2.05) is 6.92 Å². The van der Waals surface area contributed by atoms with Crippen LogP contribution < -0.4 is 0 Å². The molecule has 3 rings (SSSR count). The minimum atomic E-state index is -1.55. The van der Waals surface area contributed by atoms with Crippen LogP contribution in [0.3, 0.4) is 0 Å². The van der Waals surface area contributed by atoms with E-state index in [-0.39, 0.29) is 12.5 Å². The molecule has 2 aliphatic heterocycles. The number of hydrogen-bond donors (Lipinski definition) is 5. The van der Waals surface area contributed by atoms with Gasteiger partial charge in [-0.1, -0.05) is 6.92 Å². The zero-order valence-electron chi connectivity index (χ0n) is 14.0. The van der Waals surface area contributed by atoms with Crippen molar-refractivity contribution >= 4 is 6.29 Å². The van der Waals surface area contributed by atoms with Crippen LogP contribution in [0.15, 0.2) is 0 Å². The molecule has 2 heterocycles. The Balaban J connectivity index is 1.77. The molecule has 0 aromatic rings. The highest BCUT2D eigenvalue weighted by Crippen LogP contribution is 2.50. The second-order valence-electron chi connectivity index (χ2n) is 7.31. The van der Waals surface area contributed by atoms with E-state index < -0.39 is 61.0 Å². The summed E-state index contributed by atoms with van der Waals surface area (Å²) >= 11 is 0. The zero-order valence-corrected chi connectivity index (χ0v) is 14.0. The third-order valence-electron chi connectivity index (χ3n) is 5.85. The first-order valence-electron chi connectivity index (χ1n) is 8.58. The molecule has 25 heavy (non-hydrogen) atoms. The maximum atomic E-state index is 11.3. The van der Waals surface area contributed by atoms with E-state index in [0.29, 0.717) is 19.1 Å². The summed E-state index contributed by atoms with van der Waals surface area (Å²) in [6, 6.07) is 0. The number of hydrogen-bond acceptors (Lipinski definition) is 9. The van der Waals surface area contributed by atoms with E-state index in [0.717, 1.165) is 0 Å². The molecule has 3 aliphatic rings.